The molecule has 7 nitrogen and oxygen atoms in total. The van der Waals surface area contributed by atoms with Crippen LogP contribution >= 0.6 is 0 Å². The number of anilines is 1. The number of benzene rings is 1. The Morgan fingerprint density at radius 3 is 2.76 bits per heavy atom. The summed E-state index contributed by atoms with van der Waals surface area (Å²) in [6.07, 6.45) is 1.46. The van der Waals surface area contributed by atoms with E-state index in [1.165, 1.54) is 6.20 Å². The molecule has 3 heterocycles. The molecule has 2 aromatic rings. The van der Waals surface area contributed by atoms with Gasteiger partial charge in [0.1, 0.15) is 0 Å². The lowest BCUT2D eigenvalue weighted by Gasteiger charge is -2.30. The second-order valence-corrected chi connectivity index (χ2v) is 8.39. The summed E-state index contributed by atoms with van der Waals surface area (Å²) >= 11 is 0. The average Bonchev–Trinajstić information content (AvgIpc) is 2.68. The van der Waals surface area contributed by atoms with Crippen LogP contribution in [0.2, 0.25) is 0 Å². The minimum atomic E-state index is -3.56. The number of para-hydroxylation sites is 1. The Labute approximate surface area is 147 Å². The Morgan fingerprint density at radius 2 is 2.00 bits per heavy atom. The van der Waals surface area contributed by atoms with Gasteiger partial charge in [-0.1, -0.05) is 12.1 Å². The molecule has 2 N–H and O–H groups in total. The van der Waals surface area contributed by atoms with Gasteiger partial charge in [0.25, 0.3) is 0 Å². The van der Waals surface area contributed by atoms with Gasteiger partial charge in [-0.3, -0.25) is 4.98 Å². The molecule has 2 fully saturated rings. The first-order chi connectivity index (χ1) is 12.2. The fraction of sp³-hybridized carbons (Fsp3) is 0.471. The van der Waals surface area contributed by atoms with Crippen molar-refractivity contribution in [2.24, 2.45) is 0 Å². The average molecular weight is 362 g/mol. The molecular weight excluding hydrogens is 340 g/mol. The van der Waals surface area contributed by atoms with Gasteiger partial charge in [0, 0.05) is 50.9 Å². The molecule has 1 atom stereocenters. The largest absolute Gasteiger partial charge is 0.367 e. The van der Waals surface area contributed by atoms with Crippen molar-refractivity contribution in [1.82, 2.24) is 15.6 Å². The predicted molar refractivity (Wildman–Crippen MR) is 96.6 cm³/mol. The maximum atomic E-state index is 12.8. The van der Waals surface area contributed by atoms with Crippen LogP contribution in [0.15, 0.2) is 35.4 Å². The van der Waals surface area contributed by atoms with E-state index >= 15 is 0 Å². The molecule has 2 saturated heterocycles. The van der Waals surface area contributed by atoms with Gasteiger partial charge in [-0.15, -0.1) is 0 Å². The van der Waals surface area contributed by atoms with Crippen molar-refractivity contribution in [2.75, 3.05) is 50.8 Å². The van der Waals surface area contributed by atoms with E-state index in [9.17, 15) is 8.42 Å². The van der Waals surface area contributed by atoms with Gasteiger partial charge in [0.15, 0.2) is 5.44 Å². The molecule has 0 amide bonds. The Kier molecular flexibility index (Phi) is 4.60. The lowest BCUT2D eigenvalue weighted by atomic mass is 10.1. The number of aromatic nitrogens is 1. The van der Waals surface area contributed by atoms with Gasteiger partial charge in [-0.05, 0) is 12.1 Å². The summed E-state index contributed by atoms with van der Waals surface area (Å²) in [5.41, 5.74) is 1.04. The molecule has 1 aromatic carbocycles. The molecule has 0 aliphatic carbocycles. The molecular formula is C17H22N4O3S. The lowest BCUT2D eigenvalue weighted by molar-refractivity contribution is 0.0785. The minimum Gasteiger partial charge on any atom is -0.367 e. The zero-order chi connectivity index (χ0) is 17.3. The van der Waals surface area contributed by atoms with Crippen LogP contribution in [0.1, 0.15) is 0 Å². The van der Waals surface area contributed by atoms with Crippen molar-refractivity contribution in [1.29, 1.82) is 0 Å². The van der Waals surface area contributed by atoms with Crippen molar-refractivity contribution in [3.8, 4) is 0 Å². The Bertz CT molecular complexity index is 859. The number of pyridine rings is 1. The maximum Gasteiger partial charge on any atom is 0.208 e. The summed E-state index contributed by atoms with van der Waals surface area (Å²) < 4.78 is 31.0. The van der Waals surface area contributed by atoms with E-state index < -0.39 is 15.3 Å². The molecule has 2 aliphatic heterocycles. The van der Waals surface area contributed by atoms with Crippen LogP contribution in [0.5, 0.6) is 0 Å². The SMILES string of the molecule is O=S(=O)(c1cnc2c(N3CCNCC3)cccc2c1)C1CNCCO1. The molecule has 1 unspecified atom stereocenters. The number of hydrogen-bond acceptors (Lipinski definition) is 7. The maximum absolute atomic E-state index is 12.8. The first kappa shape index (κ1) is 16.7. The highest BCUT2D eigenvalue weighted by Crippen LogP contribution is 2.28. The van der Waals surface area contributed by atoms with Crippen LogP contribution in [-0.2, 0) is 14.6 Å². The smallest absolute Gasteiger partial charge is 0.208 e. The number of nitrogens with one attached hydrogen (secondary N) is 2. The van der Waals surface area contributed by atoms with Gasteiger partial charge in [0.2, 0.25) is 9.84 Å². The van der Waals surface area contributed by atoms with Gasteiger partial charge in [-0.2, -0.15) is 0 Å². The molecule has 0 bridgehead atoms. The van der Waals surface area contributed by atoms with Crippen molar-refractivity contribution in [2.45, 2.75) is 10.3 Å². The third-order valence-corrected chi connectivity index (χ3v) is 6.57. The highest BCUT2D eigenvalue weighted by Gasteiger charge is 2.30. The van der Waals surface area contributed by atoms with E-state index in [4.69, 9.17) is 4.74 Å². The van der Waals surface area contributed by atoms with Gasteiger partial charge >= 0.3 is 0 Å². The van der Waals surface area contributed by atoms with E-state index in [-0.39, 0.29) is 4.90 Å². The highest BCUT2D eigenvalue weighted by molar-refractivity contribution is 7.92. The van der Waals surface area contributed by atoms with Crippen LogP contribution < -0.4 is 15.5 Å². The zero-order valence-electron chi connectivity index (χ0n) is 13.9. The first-order valence-electron chi connectivity index (χ1n) is 8.57. The number of sulfone groups is 1. The van der Waals surface area contributed by atoms with E-state index in [0.29, 0.717) is 19.7 Å². The first-order valence-corrected chi connectivity index (χ1v) is 10.1. The zero-order valence-corrected chi connectivity index (χ0v) is 14.8. The number of rotatable bonds is 3. The topological polar surface area (TPSA) is 83.6 Å². The normalized spacial score (nSPS) is 22.2. The van der Waals surface area contributed by atoms with E-state index in [1.807, 2.05) is 18.2 Å². The number of hydrogen-bond donors (Lipinski definition) is 2. The number of fused-ring (bicyclic) bond motifs is 1. The number of ether oxygens (including phenoxy) is 1. The molecule has 4 rings (SSSR count). The molecule has 134 valence electrons. The Morgan fingerprint density at radius 1 is 1.16 bits per heavy atom. The quantitative estimate of drug-likeness (QED) is 0.816. The van der Waals surface area contributed by atoms with E-state index in [2.05, 4.69) is 20.5 Å². The van der Waals surface area contributed by atoms with Crippen molar-refractivity contribution < 1.29 is 13.2 Å². The summed E-state index contributed by atoms with van der Waals surface area (Å²) in [4.78, 5) is 7.00. The molecule has 0 spiro atoms. The molecule has 0 radical (unpaired) electrons. The summed E-state index contributed by atoms with van der Waals surface area (Å²) in [6, 6.07) is 7.62. The van der Waals surface area contributed by atoms with E-state index in [1.54, 1.807) is 6.07 Å². The lowest BCUT2D eigenvalue weighted by Crippen LogP contribution is -2.43. The van der Waals surface area contributed by atoms with Crippen molar-refractivity contribution >= 4 is 26.4 Å². The third kappa shape index (κ3) is 3.22. The second kappa shape index (κ2) is 6.87. The summed E-state index contributed by atoms with van der Waals surface area (Å²) in [6.45, 7) is 5.10. The fourth-order valence-corrected chi connectivity index (χ4v) is 4.74. The molecule has 8 heteroatoms. The Balaban J connectivity index is 1.71. The van der Waals surface area contributed by atoms with Gasteiger partial charge in [-0.25, -0.2) is 8.42 Å². The molecule has 25 heavy (non-hydrogen) atoms. The molecule has 1 aromatic heterocycles. The van der Waals surface area contributed by atoms with Gasteiger partial charge < -0.3 is 20.3 Å². The number of piperazine rings is 1. The monoisotopic (exact) mass is 362 g/mol. The third-order valence-electron chi connectivity index (χ3n) is 4.69. The van der Waals surface area contributed by atoms with Crippen LogP contribution in [0.3, 0.4) is 0 Å². The molecule has 2 aliphatic rings. The number of nitrogens with zero attached hydrogens (tertiary/aromatic N) is 2. The molecule has 0 saturated carbocycles. The van der Waals surface area contributed by atoms with Crippen LogP contribution in [-0.4, -0.2) is 64.7 Å². The fourth-order valence-electron chi connectivity index (χ4n) is 3.33. The highest BCUT2D eigenvalue weighted by atomic mass is 32.2. The standard InChI is InChI=1S/C17H22N4O3S/c22-25(23,16-12-19-6-9-24-16)14-10-13-2-1-3-15(17(13)20-11-14)21-7-4-18-5-8-21/h1-3,10-11,16,18-19H,4-9,12H2. The van der Waals surface area contributed by atoms with Crippen molar-refractivity contribution in [3.05, 3.63) is 30.5 Å². The number of morpholine rings is 1. The summed E-state index contributed by atoms with van der Waals surface area (Å²) in [5.74, 6) is 0. The van der Waals surface area contributed by atoms with Crippen LogP contribution in [0, 0.1) is 0 Å². The summed E-state index contributed by atoms with van der Waals surface area (Å²) in [7, 11) is -3.56. The van der Waals surface area contributed by atoms with Crippen LogP contribution in [0.4, 0.5) is 5.69 Å². The van der Waals surface area contributed by atoms with E-state index in [0.717, 1.165) is 42.8 Å². The van der Waals surface area contributed by atoms with Crippen molar-refractivity contribution in [3.63, 3.8) is 0 Å². The Hall–Kier alpha value is -1.74. The summed E-state index contributed by atoms with van der Waals surface area (Å²) in [5, 5.41) is 7.23. The second-order valence-electron chi connectivity index (χ2n) is 6.31. The van der Waals surface area contributed by atoms with Gasteiger partial charge in [0.05, 0.1) is 22.7 Å². The van der Waals surface area contributed by atoms with Crippen LogP contribution in [0.25, 0.3) is 10.9 Å². The minimum absolute atomic E-state index is 0.214. The predicted octanol–water partition coefficient (Wildman–Crippen LogP) is 0.364.